The van der Waals surface area contributed by atoms with E-state index < -0.39 is 0 Å². The molecular formula is C13H14FNO2. The summed E-state index contributed by atoms with van der Waals surface area (Å²) in [6, 6.07) is 5.46. The predicted octanol–water partition coefficient (Wildman–Crippen LogP) is 3.38. The molecule has 0 fully saturated rings. The third-order valence-corrected chi connectivity index (χ3v) is 2.93. The van der Waals surface area contributed by atoms with Gasteiger partial charge in [0.2, 0.25) is 0 Å². The van der Waals surface area contributed by atoms with Gasteiger partial charge in [-0.1, -0.05) is 6.92 Å². The monoisotopic (exact) mass is 235 g/mol. The number of fused-ring (bicyclic) bond motifs is 1. The van der Waals surface area contributed by atoms with Crippen molar-refractivity contribution in [3.63, 3.8) is 0 Å². The van der Waals surface area contributed by atoms with Crippen LogP contribution in [0, 0.1) is 6.92 Å². The third kappa shape index (κ3) is 1.90. The molecule has 1 aromatic heterocycles. The number of benzene rings is 1. The van der Waals surface area contributed by atoms with E-state index in [-0.39, 0.29) is 5.88 Å². The molecule has 4 heteroatoms. The Kier molecular flexibility index (Phi) is 3.13. The van der Waals surface area contributed by atoms with Gasteiger partial charge in [-0.2, -0.15) is 0 Å². The summed E-state index contributed by atoms with van der Waals surface area (Å²) in [4.78, 5) is 7.87. The number of rotatable bonds is 3. The van der Waals surface area contributed by atoms with Crippen molar-refractivity contribution in [2.75, 3.05) is 7.11 Å². The van der Waals surface area contributed by atoms with Crippen molar-refractivity contribution in [1.82, 2.24) is 4.98 Å². The molecule has 2 rings (SSSR count). The molecule has 1 aromatic carbocycles. The van der Waals surface area contributed by atoms with Crippen molar-refractivity contribution >= 4 is 10.9 Å². The third-order valence-electron chi connectivity index (χ3n) is 2.93. The first-order chi connectivity index (χ1) is 8.21. The van der Waals surface area contributed by atoms with Crippen molar-refractivity contribution in [3.8, 4) is 11.6 Å². The van der Waals surface area contributed by atoms with Crippen LogP contribution < -0.4 is 9.68 Å². The maximum Gasteiger partial charge on any atom is 0.263 e. The Balaban J connectivity index is 2.80. The van der Waals surface area contributed by atoms with Gasteiger partial charge in [-0.05, 0) is 31.0 Å². The van der Waals surface area contributed by atoms with Gasteiger partial charge < -0.3 is 4.74 Å². The van der Waals surface area contributed by atoms with Gasteiger partial charge in [-0.25, -0.2) is 4.98 Å². The Morgan fingerprint density at radius 2 is 2.12 bits per heavy atom. The number of pyridine rings is 1. The normalized spacial score (nSPS) is 10.6. The molecule has 0 saturated carbocycles. The van der Waals surface area contributed by atoms with Crippen molar-refractivity contribution in [3.05, 3.63) is 29.3 Å². The van der Waals surface area contributed by atoms with Crippen molar-refractivity contribution < 1.29 is 14.2 Å². The smallest absolute Gasteiger partial charge is 0.263 e. The number of methoxy groups -OCH3 is 1. The molecule has 1 heterocycles. The topological polar surface area (TPSA) is 31.4 Å². The maximum atomic E-state index is 12.3. The summed E-state index contributed by atoms with van der Waals surface area (Å²) in [6.07, 6.45) is 0.793. The summed E-state index contributed by atoms with van der Waals surface area (Å²) in [7, 11) is 1.60. The summed E-state index contributed by atoms with van der Waals surface area (Å²) >= 11 is 0. The predicted molar refractivity (Wildman–Crippen MR) is 64.1 cm³/mol. The lowest BCUT2D eigenvalue weighted by atomic mass is 10.0. The van der Waals surface area contributed by atoms with Gasteiger partial charge in [0.1, 0.15) is 5.75 Å². The molecule has 0 N–H and O–H groups in total. The van der Waals surface area contributed by atoms with Gasteiger partial charge in [0, 0.05) is 21.5 Å². The maximum absolute atomic E-state index is 12.3. The molecule has 0 unspecified atom stereocenters. The van der Waals surface area contributed by atoms with E-state index >= 15 is 0 Å². The molecule has 3 nitrogen and oxygen atoms in total. The Morgan fingerprint density at radius 3 is 2.71 bits per heavy atom. The lowest BCUT2D eigenvalue weighted by Gasteiger charge is -2.10. The highest BCUT2D eigenvalue weighted by atomic mass is 19.3. The van der Waals surface area contributed by atoms with E-state index in [9.17, 15) is 4.53 Å². The number of aromatic nitrogens is 1. The van der Waals surface area contributed by atoms with Gasteiger partial charge >= 0.3 is 0 Å². The highest BCUT2D eigenvalue weighted by molar-refractivity contribution is 5.87. The molecule has 0 radical (unpaired) electrons. The Bertz CT molecular complexity index is 555. The first-order valence-electron chi connectivity index (χ1n) is 5.47. The van der Waals surface area contributed by atoms with Crippen molar-refractivity contribution in [1.29, 1.82) is 0 Å². The van der Waals surface area contributed by atoms with Gasteiger partial charge in [-0.15, -0.1) is 0 Å². The number of aryl methyl sites for hydroxylation is 2. The number of hydrogen-bond acceptors (Lipinski definition) is 3. The lowest BCUT2D eigenvalue weighted by Crippen LogP contribution is -1.95. The fourth-order valence-corrected chi connectivity index (χ4v) is 2.01. The fraction of sp³-hybridized carbons (Fsp3) is 0.308. The fourth-order valence-electron chi connectivity index (χ4n) is 2.01. The molecule has 0 spiro atoms. The van der Waals surface area contributed by atoms with E-state index in [0.29, 0.717) is 0 Å². The molecule has 90 valence electrons. The molecular weight excluding hydrogens is 221 g/mol. The molecule has 0 bridgehead atoms. The summed E-state index contributed by atoms with van der Waals surface area (Å²) in [5, 5.41) is 1.01. The van der Waals surface area contributed by atoms with Crippen LogP contribution in [-0.4, -0.2) is 12.1 Å². The number of hydrogen-bond donors (Lipinski definition) is 0. The number of halogens is 1. The van der Waals surface area contributed by atoms with Crippen LogP contribution in [-0.2, 0) is 6.42 Å². The van der Waals surface area contributed by atoms with Gasteiger partial charge in [0.25, 0.3) is 5.88 Å². The second-order valence-corrected chi connectivity index (χ2v) is 3.84. The van der Waals surface area contributed by atoms with E-state index in [1.807, 2.05) is 26.0 Å². The van der Waals surface area contributed by atoms with Crippen LogP contribution in [0.15, 0.2) is 18.2 Å². The Hall–Kier alpha value is -1.84. The van der Waals surface area contributed by atoms with Crippen LogP contribution in [0.5, 0.6) is 11.6 Å². The quantitative estimate of drug-likeness (QED) is 0.817. The minimum absolute atomic E-state index is 0.00861. The standard InChI is InChI=1S/C13H14FNO2/c1-4-9-7-12(17-14)15-13-8(2)11(16-3)6-5-10(9)13/h5-7H,4H2,1-3H3. The molecule has 0 aliphatic heterocycles. The summed E-state index contributed by atoms with van der Waals surface area (Å²) in [5.41, 5.74) is 2.61. The molecule has 0 saturated heterocycles. The largest absolute Gasteiger partial charge is 0.496 e. The van der Waals surface area contributed by atoms with Gasteiger partial charge in [0.05, 0.1) is 12.6 Å². The molecule has 0 aliphatic carbocycles. The van der Waals surface area contributed by atoms with Crippen LogP contribution in [0.3, 0.4) is 0 Å². The Morgan fingerprint density at radius 1 is 1.35 bits per heavy atom. The van der Waals surface area contributed by atoms with Crippen molar-refractivity contribution in [2.45, 2.75) is 20.3 Å². The zero-order valence-electron chi connectivity index (χ0n) is 10.1. The van der Waals surface area contributed by atoms with Gasteiger partial charge in [0.15, 0.2) is 0 Å². The molecule has 0 atom stereocenters. The highest BCUT2D eigenvalue weighted by Gasteiger charge is 2.11. The molecule has 0 amide bonds. The Labute approximate surface area is 99.1 Å². The molecule has 2 aromatic rings. The first-order valence-corrected chi connectivity index (χ1v) is 5.47. The minimum Gasteiger partial charge on any atom is -0.496 e. The van der Waals surface area contributed by atoms with E-state index in [1.54, 1.807) is 13.2 Å². The number of ether oxygens (including phenoxy) is 1. The zero-order chi connectivity index (χ0) is 12.4. The van der Waals surface area contributed by atoms with Crippen LogP contribution in [0.1, 0.15) is 18.1 Å². The summed E-state index contributed by atoms with van der Waals surface area (Å²) in [6.45, 7) is 3.91. The summed E-state index contributed by atoms with van der Waals surface area (Å²) < 4.78 is 17.5. The van der Waals surface area contributed by atoms with E-state index in [4.69, 9.17) is 4.74 Å². The minimum atomic E-state index is -0.00861. The molecule has 0 aliphatic rings. The lowest BCUT2D eigenvalue weighted by molar-refractivity contribution is -0.0115. The van der Waals surface area contributed by atoms with E-state index in [2.05, 4.69) is 9.93 Å². The second-order valence-electron chi connectivity index (χ2n) is 3.84. The van der Waals surface area contributed by atoms with Crippen LogP contribution >= 0.6 is 0 Å². The van der Waals surface area contributed by atoms with Crippen LogP contribution in [0.25, 0.3) is 10.9 Å². The number of nitrogens with zero attached hydrogens (tertiary/aromatic N) is 1. The van der Waals surface area contributed by atoms with Crippen molar-refractivity contribution in [2.24, 2.45) is 0 Å². The average molecular weight is 235 g/mol. The van der Waals surface area contributed by atoms with Crippen LogP contribution in [0.4, 0.5) is 4.53 Å². The SMILES string of the molecule is CCc1cc(OF)nc2c(C)c(OC)ccc12. The molecule has 17 heavy (non-hydrogen) atoms. The zero-order valence-corrected chi connectivity index (χ0v) is 10.1. The van der Waals surface area contributed by atoms with Crippen LogP contribution in [0.2, 0.25) is 0 Å². The highest BCUT2D eigenvalue weighted by Crippen LogP contribution is 2.30. The average Bonchev–Trinajstić information content (AvgIpc) is 2.38. The van der Waals surface area contributed by atoms with Gasteiger partial charge in [-0.3, -0.25) is 4.94 Å². The van der Waals surface area contributed by atoms with E-state index in [1.165, 1.54) is 0 Å². The summed E-state index contributed by atoms with van der Waals surface area (Å²) in [5.74, 6) is 0.730. The first kappa shape index (κ1) is 11.6. The second kappa shape index (κ2) is 4.57. The van der Waals surface area contributed by atoms with E-state index in [0.717, 1.165) is 34.2 Å².